The van der Waals surface area contributed by atoms with Crippen molar-refractivity contribution in [2.75, 3.05) is 13.2 Å². The molecular formula is C13H17F2NO2. The maximum absolute atomic E-state index is 12.4. The normalized spacial score (nSPS) is 8.28. The van der Waals surface area contributed by atoms with Gasteiger partial charge in [0.2, 0.25) is 0 Å². The van der Waals surface area contributed by atoms with E-state index in [0.717, 1.165) is 5.56 Å². The number of nitrogens with two attached hydrogens (primary N) is 1. The van der Waals surface area contributed by atoms with Crippen LogP contribution in [0, 0.1) is 18.7 Å². The summed E-state index contributed by atoms with van der Waals surface area (Å²) in [7, 11) is 0. The predicted octanol–water partition coefficient (Wildman–Crippen LogP) is 2.01. The van der Waals surface area contributed by atoms with Crippen LogP contribution in [0.5, 0.6) is 0 Å². The summed E-state index contributed by atoms with van der Waals surface area (Å²) in [6, 6.07) is 5.85. The van der Waals surface area contributed by atoms with Gasteiger partial charge in [-0.3, -0.25) is 4.79 Å². The highest BCUT2D eigenvalue weighted by atomic mass is 19.1. The third-order valence-corrected chi connectivity index (χ3v) is 1.65. The molecule has 0 heterocycles. The SMILES string of the molecule is C#C.NCCF.O=C(O)CCc1ccc(F)cc1. The number of benzene rings is 1. The number of rotatable bonds is 4. The van der Waals surface area contributed by atoms with Gasteiger partial charge < -0.3 is 10.8 Å². The Bertz CT molecular complexity index is 335. The van der Waals surface area contributed by atoms with Crippen LogP contribution in [-0.4, -0.2) is 24.3 Å². The maximum Gasteiger partial charge on any atom is 0.303 e. The van der Waals surface area contributed by atoms with E-state index in [-0.39, 0.29) is 18.8 Å². The molecule has 1 aromatic carbocycles. The van der Waals surface area contributed by atoms with E-state index >= 15 is 0 Å². The van der Waals surface area contributed by atoms with Crippen LogP contribution in [-0.2, 0) is 11.2 Å². The lowest BCUT2D eigenvalue weighted by Crippen LogP contribution is -1.98. The summed E-state index contributed by atoms with van der Waals surface area (Å²) in [5.41, 5.74) is 5.50. The zero-order valence-electron chi connectivity index (χ0n) is 9.98. The van der Waals surface area contributed by atoms with Crippen LogP contribution in [0.4, 0.5) is 8.78 Å². The van der Waals surface area contributed by atoms with Gasteiger partial charge in [-0.05, 0) is 24.1 Å². The van der Waals surface area contributed by atoms with E-state index in [0.29, 0.717) is 6.42 Å². The zero-order chi connectivity index (χ0) is 14.4. The first-order chi connectivity index (χ1) is 8.60. The molecule has 0 spiro atoms. The number of carboxylic acid groups (broad SMARTS) is 1. The van der Waals surface area contributed by atoms with E-state index in [1.807, 2.05) is 0 Å². The largest absolute Gasteiger partial charge is 0.481 e. The molecule has 3 nitrogen and oxygen atoms in total. The highest BCUT2D eigenvalue weighted by Gasteiger charge is 1.98. The molecule has 0 radical (unpaired) electrons. The maximum atomic E-state index is 12.4. The van der Waals surface area contributed by atoms with Crippen LogP contribution in [0.3, 0.4) is 0 Å². The molecule has 0 unspecified atom stereocenters. The first-order valence-corrected chi connectivity index (χ1v) is 5.15. The van der Waals surface area contributed by atoms with Gasteiger partial charge >= 0.3 is 5.97 Å². The average Bonchev–Trinajstić information content (AvgIpc) is 2.40. The Hall–Kier alpha value is -1.93. The smallest absolute Gasteiger partial charge is 0.303 e. The Morgan fingerprint density at radius 1 is 1.28 bits per heavy atom. The molecule has 0 bridgehead atoms. The fourth-order valence-electron chi connectivity index (χ4n) is 0.902. The predicted molar refractivity (Wildman–Crippen MR) is 67.3 cm³/mol. The van der Waals surface area contributed by atoms with E-state index in [2.05, 4.69) is 18.6 Å². The van der Waals surface area contributed by atoms with Crippen molar-refractivity contribution >= 4 is 5.97 Å². The Morgan fingerprint density at radius 3 is 2.06 bits per heavy atom. The molecular weight excluding hydrogens is 240 g/mol. The lowest BCUT2D eigenvalue weighted by molar-refractivity contribution is -0.136. The molecule has 1 aromatic rings. The van der Waals surface area contributed by atoms with Gasteiger partial charge in [0.1, 0.15) is 12.5 Å². The van der Waals surface area contributed by atoms with E-state index in [9.17, 15) is 13.6 Å². The average molecular weight is 257 g/mol. The van der Waals surface area contributed by atoms with Crippen LogP contribution >= 0.6 is 0 Å². The molecule has 3 N–H and O–H groups in total. The molecule has 0 atom stereocenters. The van der Waals surface area contributed by atoms with Gasteiger partial charge in [-0.1, -0.05) is 12.1 Å². The molecule has 0 saturated heterocycles. The van der Waals surface area contributed by atoms with Crippen LogP contribution in [0.15, 0.2) is 24.3 Å². The summed E-state index contributed by atoms with van der Waals surface area (Å²) in [6.45, 7) is -0.250. The zero-order valence-corrected chi connectivity index (χ0v) is 9.98. The molecule has 0 aliphatic rings. The Morgan fingerprint density at radius 2 is 1.72 bits per heavy atom. The highest BCUT2D eigenvalue weighted by Crippen LogP contribution is 2.04. The van der Waals surface area contributed by atoms with Crippen molar-refractivity contribution in [2.24, 2.45) is 5.73 Å². The summed E-state index contributed by atoms with van der Waals surface area (Å²) in [5.74, 6) is -1.13. The number of hydrogen-bond donors (Lipinski definition) is 2. The van der Waals surface area contributed by atoms with Crippen molar-refractivity contribution in [3.8, 4) is 12.8 Å². The molecule has 100 valence electrons. The molecule has 0 amide bonds. The van der Waals surface area contributed by atoms with Gasteiger partial charge in [0.15, 0.2) is 0 Å². The standard InChI is InChI=1S/C9H9FO2.C2H6FN.C2H2/c10-8-4-1-7(2-5-8)3-6-9(11)12;3-1-2-4;1-2/h1-2,4-5H,3,6H2,(H,11,12);1-2,4H2;1-2H. The minimum absolute atomic E-state index is 0.0889. The van der Waals surface area contributed by atoms with Gasteiger partial charge in [-0.15, -0.1) is 12.8 Å². The van der Waals surface area contributed by atoms with Crippen molar-refractivity contribution in [3.05, 3.63) is 35.6 Å². The molecule has 0 aliphatic carbocycles. The van der Waals surface area contributed by atoms with Crippen molar-refractivity contribution < 1.29 is 18.7 Å². The second-order valence-electron chi connectivity index (χ2n) is 3.00. The molecule has 18 heavy (non-hydrogen) atoms. The first kappa shape index (κ1) is 18.4. The van der Waals surface area contributed by atoms with Crippen LogP contribution < -0.4 is 5.73 Å². The third-order valence-electron chi connectivity index (χ3n) is 1.65. The summed E-state index contributed by atoms with van der Waals surface area (Å²) >= 11 is 0. The molecule has 5 heteroatoms. The second kappa shape index (κ2) is 13.1. The molecule has 0 aromatic heterocycles. The van der Waals surface area contributed by atoms with Crippen molar-refractivity contribution in [3.63, 3.8) is 0 Å². The van der Waals surface area contributed by atoms with Crippen LogP contribution in [0.25, 0.3) is 0 Å². The first-order valence-electron chi connectivity index (χ1n) is 5.15. The number of terminal acetylenes is 1. The minimum Gasteiger partial charge on any atom is -0.481 e. The van der Waals surface area contributed by atoms with Crippen LogP contribution in [0.1, 0.15) is 12.0 Å². The molecule has 0 aliphatic heterocycles. The Kier molecular flexibility index (Phi) is 13.5. The fraction of sp³-hybridized carbons (Fsp3) is 0.308. The summed E-state index contributed by atoms with van der Waals surface area (Å²) in [5, 5.41) is 8.36. The quantitative estimate of drug-likeness (QED) is 0.811. The van der Waals surface area contributed by atoms with E-state index in [1.54, 1.807) is 12.1 Å². The second-order valence-corrected chi connectivity index (χ2v) is 3.00. The molecule has 0 fully saturated rings. The van der Waals surface area contributed by atoms with Gasteiger partial charge in [0.05, 0.1) is 0 Å². The molecule has 1 rings (SSSR count). The van der Waals surface area contributed by atoms with Crippen LogP contribution in [0.2, 0.25) is 0 Å². The van der Waals surface area contributed by atoms with E-state index in [1.165, 1.54) is 12.1 Å². The third kappa shape index (κ3) is 12.1. The number of alkyl halides is 1. The number of carboxylic acids is 1. The van der Waals surface area contributed by atoms with E-state index in [4.69, 9.17) is 5.11 Å². The summed E-state index contributed by atoms with van der Waals surface area (Å²) in [4.78, 5) is 10.2. The van der Waals surface area contributed by atoms with Gasteiger partial charge in [0.25, 0.3) is 0 Å². The summed E-state index contributed by atoms with van der Waals surface area (Å²) in [6.07, 6.45) is 8.54. The van der Waals surface area contributed by atoms with Gasteiger partial charge in [-0.25, -0.2) is 8.78 Å². The fourth-order valence-corrected chi connectivity index (χ4v) is 0.902. The number of halogens is 2. The highest BCUT2D eigenvalue weighted by molar-refractivity contribution is 5.67. The lowest BCUT2D eigenvalue weighted by atomic mass is 10.1. The number of carbonyl (C=O) groups is 1. The van der Waals surface area contributed by atoms with E-state index < -0.39 is 12.6 Å². The minimum atomic E-state index is -0.834. The number of aryl methyl sites for hydroxylation is 1. The van der Waals surface area contributed by atoms with Crippen molar-refractivity contribution in [2.45, 2.75) is 12.8 Å². The summed E-state index contributed by atoms with van der Waals surface area (Å²) < 4.78 is 23.0. The number of hydrogen-bond acceptors (Lipinski definition) is 2. The lowest BCUT2D eigenvalue weighted by Gasteiger charge is -1.96. The Labute approximate surface area is 106 Å². The van der Waals surface area contributed by atoms with Gasteiger partial charge in [0, 0.05) is 13.0 Å². The topological polar surface area (TPSA) is 63.3 Å². The molecule has 0 saturated carbocycles. The monoisotopic (exact) mass is 257 g/mol. The van der Waals surface area contributed by atoms with Gasteiger partial charge in [-0.2, -0.15) is 0 Å². The van der Waals surface area contributed by atoms with Crippen molar-refractivity contribution in [1.82, 2.24) is 0 Å². The van der Waals surface area contributed by atoms with Crippen molar-refractivity contribution in [1.29, 1.82) is 0 Å². The Balaban J connectivity index is 0. The number of aliphatic carboxylic acids is 1.